The maximum atomic E-state index is 13.5. The molecule has 3 heterocycles. The highest BCUT2D eigenvalue weighted by Crippen LogP contribution is 2.33. The van der Waals surface area contributed by atoms with E-state index in [2.05, 4.69) is 21.9 Å². The summed E-state index contributed by atoms with van der Waals surface area (Å²) in [6, 6.07) is 9.51. The molecule has 3 aromatic rings. The van der Waals surface area contributed by atoms with Crippen LogP contribution in [0.2, 0.25) is 0 Å². The first-order valence-electron chi connectivity index (χ1n) is 10.2. The highest BCUT2D eigenvalue weighted by Gasteiger charge is 2.36. The lowest BCUT2D eigenvalue weighted by Crippen LogP contribution is -2.32. The fraction of sp³-hybridized carbons (Fsp3) is 0.455. The molecule has 1 aliphatic rings. The van der Waals surface area contributed by atoms with Crippen LogP contribution < -0.4 is 0 Å². The van der Waals surface area contributed by atoms with Gasteiger partial charge in [-0.1, -0.05) is 19.1 Å². The third-order valence-electron chi connectivity index (χ3n) is 5.86. The molecule has 0 radical (unpaired) electrons. The van der Waals surface area contributed by atoms with Gasteiger partial charge in [-0.3, -0.25) is 4.90 Å². The van der Waals surface area contributed by atoms with Gasteiger partial charge in [-0.05, 0) is 56.5 Å². The Labute approximate surface area is 172 Å². The summed E-state index contributed by atoms with van der Waals surface area (Å²) in [5.74, 6) is -0.189. The summed E-state index contributed by atoms with van der Waals surface area (Å²) in [7, 11) is 0. The second-order valence-electron chi connectivity index (χ2n) is 7.98. The van der Waals surface area contributed by atoms with E-state index in [0.717, 1.165) is 42.1 Å². The van der Waals surface area contributed by atoms with Gasteiger partial charge in [-0.15, -0.1) is 0 Å². The number of benzene rings is 1. The molecule has 1 fully saturated rings. The molecule has 0 bridgehead atoms. The van der Waals surface area contributed by atoms with Crippen LogP contribution in [0.3, 0.4) is 0 Å². The number of nitrogens with zero attached hydrogens (tertiary/aromatic N) is 4. The average molecular weight is 420 g/mol. The van der Waals surface area contributed by atoms with Crippen molar-refractivity contribution < 1.29 is 17.6 Å². The molecule has 0 unspecified atom stereocenters. The molecule has 160 valence electrons. The Morgan fingerprint density at radius 2 is 1.90 bits per heavy atom. The van der Waals surface area contributed by atoms with E-state index in [1.807, 2.05) is 0 Å². The lowest BCUT2D eigenvalue weighted by molar-refractivity contribution is -0.142. The minimum Gasteiger partial charge on any atom is -0.300 e. The van der Waals surface area contributed by atoms with E-state index < -0.39 is 11.9 Å². The molecule has 0 aliphatic carbocycles. The van der Waals surface area contributed by atoms with Crippen LogP contribution in [0.25, 0.3) is 5.65 Å². The number of halogens is 4. The topological polar surface area (TPSA) is 33.4 Å². The van der Waals surface area contributed by atoms with Gasteiger partial charge in [0.15, 0.2) is 5.65 Å². The Morgan fingerprint density at radius 3 is 2.57 bits per heavy atom. The summed E-state index contributed by atoms with van der Waals surface area (Å²) in [6.45, 7) is 5.48. The summed E-state index contributed by atoms with van der Waals surface area (Å²) >= 11 is 0. The highest BCUT2D eigenvalue weighted by molar-refractivity contribution is 5.43. The molecule has 0 saturated carbocycles. The van der Waals surface area contributed by atoms with Gasteiger partial charge in [-0.25, -0.2) is 13.9 Å². The second-order valence-corrected chi connectivity index (χ2v) is 7.98. The van der Waals surface area contributed by atoms with Gasteiger partial charge >= 0.3 is 6.18 Å². The molecule has 1 saturated heterocycles. The molecule has 2 atom stereocenters. The zero-order valence-corrected chi connectivity index (χ0v) is 17.0. The molecule has 8 heteroatoms. The van der Waals surface area contributed by atoms with E-state index in [-0.39, 0.29) is 23.4 Å². The van der Waals surface area contributed by atoms with Crippen molar-refractivity contribution in [1.29, 1.82) is 0 Å². The number of aryl methyl sites for hydroxylation is 1. The first kappa shape index (κ1) is 20.8. The molecule has 1 aliphatic heterocycles. The van der Waals surface area contributed by atoms with Crippen LogP contribution in [0.4, 0.5) is 17.6 Å². The van der Waals surface area contributed by atoms with Crippen LogP contribution in [0.1, 0.15) is 48.8 Å². The molecular weight excluding hydrogens is 396 g/mol. The summed E-state index contributed by atoms with van der Waals surface area (Å²) in [6.07, 6.45) is -2.44. The smallest absolute Gasteiger partial charge is 0.300 e. The average Bonchev–Trinajstić information content (AvgIpc) is 3.35. The fourth-order valence-electron chi connectivity index (χ4n) is 4.15. The van der Waals surface area contributed by atoms with Gasteiger partial charge in [0.1, 0.15) is 11.5 Å². The minimum atomic E-state index is -4.49. The maximum absolute atomic E-state index is 13.5. The minimum absolute atomic E-state index is 0.0635. The van der Waals surface area contributed by atoms with Crippen LogP contribution in [-0.2, 0) is 19.0 Å². The van der Waals surface area contributed by atoms with Crippen molar-refractivity contribution in [3.63, 3.8) is 0 Å². The van der Waals surface area contributed by atoms with Gasteiger partial charge in [0.25, 0.3) is 0 Å². The standard InChI is InChI=1S/C22H24F4N4/c1-3-18-11-20(22(24,25)26)30-21(27-18)12-19(28-30)16-8-9-29(13-16)14(2)10-15-4-6-17(23)7-5-15/h4-7,11-12,14,16H,3,8-10,13H2,1-2H3/t14-,16-/m1/s1. The fourth-order valence-corrected chi connectivity index (χ4v) is 4.15. The normalized spacial score (nSPS) is 18.9. The predicted molar refractivity (Wildman–Crippen MR) is 106 cm³/mol. The van der Waals surface area contributed by atoms with Gasteiger partial charge in [0, 0.05) is 30.3 Å². The van der Waals surface area contributed by atoms with E-state index in [1.54, 1.807) is 25.1 Å². The van der Waals surface area contributed by atoms with Crippen LogP contribution in [0, 0.1) is 5.82 Å². The van der Waals surface area contributed by atoms with Crippen molar-refractivity contribution >= 4 is 5.65 Å². The Hall–Kier alpha value is -2.48. The Balaban J connectivity index is 1.53. The van der Waals surface area contributed by atoms with Crippen molar-refractivity contribution in [2.24, 2.45) is 0 Å². The second kappa shape index (κ2) is 7.98. The lowest BCUT2D eigenvalue weighted by atomic mass is 10.0. The molecule has 2 aromatic heterocycles. The SMILES string of the molecule is CCc1cc(C(F)(F)F)n2nc([C@@H]3CCN([C@H](C)Cc4ccc(F)cc4)C3)cc2n1. The molecule has 4 nitrogen and oxygen atoms in total. The van der Waals surface area contributed by atoms with Gasteiger partial charge < -0.3 is 0 Å². The summed E-state index contributed by atoms with van der Waals surface area (Å²) < 4.78 is 54.5. The quantitative estimate of drug-likeness (QED) is 0.552. The highest BCUT2D eigenvalue weighted by atomic mass is 19.4. The maximum Gasteiger partial charge on any atom is 0.433 e. The predicted octanol–water partition coefficient (Wildman–Crippen LogP) is 4.87. The molecule has 0 spiro atoms. The van der Waals surface area contributed by atoms with E-state index >= 15 is 0 Å². The van der Waals surface area contributed by atoms with Crippen LogP contribution in [0.5, 0.6) is 0 Å². The first-order valence-corrected chi connectivity index (χ1v) is 10.2. The molecular formula is C22H24F4N4. The van der Waals surface area contributed by atoms with Crippen molar-refractivity contribution in [2.75, 3.05) is 13.1 Å². The van der Waals surface area contributed by atoms with Gasteiger partial charge in [-0.2, -0.15) is 18.3 Å². The number of fused-ring (bicyclic) bond motifs is 1. The van der Waals surface area contributed by atoms with Crippen LogP contribution in [0.15, 0.2) is 36.4 Å². The van der Waals surface area contributed by atoms with Crippen LogP contribution >= 0.6 is 0 Å². The van der Waals surface area contributed by atoms with Crippen LogP contribution in [-0.4, -0.2) is 38.6 Å². The summed E-state index contributed by atoms with van der Waals surface area (Å²) in [5, 5.41) is 4.29. The van der Waals surface area contributed by atoms with E-state index in [0.29, 0.717) is 17.8 Å². The molecule has 0 N–H and O–H groups in total. The monoisotopic (exact) mass is 420 g/mol. The lowest BCUT2D eigenvalue weighted by Gasteiger charge is -2.24. The third-order valence-corrected chi connectivity index (χ3v) is 5.86. The van der Waals surface area contributed by atoms with E-state index in [1.165, 1.54) is 12.1 Å². The van der Waals surface area contributed by atoms with Crippen molar-refractivity contribution in [3.05, 3.63) is 64.9 Å². The van der Waals surface area contributed by atoms with E-state index in [9.17, 15) is 17.6 Å². The van der Waals surface area contributed by atoms with E-state index in [4.69, 9.17) is 0 Å². The zero-order chi connectivity index (χ0) is 21.5. The summed E-state index contributed by atoms with van der Waals surface area (Å²) in [5.41, 5.74) is 1.58. The molecule has 0 amide bonds. The molecule has 30 heavy (non-hydrogen) atoms. The number of hydrogen-bond acceptors (Lipinski definition) is 3. The van der Waals surface area contributed by atoms with Gasteiger partial charge in [0.05, 0.1) is 5.69 Å². The zero-order valence-electron chi connectivity index (χ0n) is 17.0. The third kappa shape index (κ3) is 4.19. The summed E-state index contributed by atoms with van der Waals surface area (Å²) in [4.78, 5) is 6.65. The Kier molecular flexibility index (Phi) is 5.53. The largest absolute Gasteiger partial charge is 0.433 e. The molecule has 4 rings (SSSR count). The first-order chi connectivity index (χ1) is 14.2. The van der Waals surface area contributed by atoms with Crippen molar-refractivity contribution in [3.8, 4) is 0 Å². The number of alkyl halides is 3. The van der Waals surface area contributed by atoms with Crippen molar-refractivity contribution in [1.82, 2.24) is 19.5 Å². The Morgan fingerprint density at radius 1 is 1.17 bits per heavy atom. The van der Waals surface area contributed by atoms with Gasteiger partial charge in [0.2, 0.25) is 0 Å². The van der Waals surface area contributed by atoms with Crippen molar-refractivity contribution in [2.45, 2.75) is 51.2 Å². The number of aromatic nitrogens is 3. The number of rotatable bonds is 5. The Bertz CT molecular complexity index is 1030. The number of hydrogen-bond donors (Lipinski definition) is 0. The molecule has 1 aromatic carbocycles. The number of likely N-dealkylation sites (tertiary alicyclic amines) is 1.